The van der Waals surface area contributed by atoms with E-state index < -0.39 is 0 Å². The molecule has 2 N–H and O–H groups in total. The zero-order chi connectivity index (χ0) is 11.4. The van der Waals surface area contributed by atoms with Crippen molar-refractivity contribution in [3.63, 3.8) is 0 Å². The van der Waals surface area contributed by atoms with Crippen LogP contribution in [-0.4, -0.2) is 29.1 Å². The molecule has 0 aliphatic carbocycles. The molecule has 1 aliphatic rings. The van der Waals surface area contributed by atoms with Crippen LogP contribution < -0.4 is 10.6 Å². The quantitative estimate of drug-likeness (QED) is 0.832. The zero-order valence-electron chi connectivity index (χ0n) is 9.89. The summed E-state index contributed by atoms with van der Waals surface area (Å²) in [4.78, 5) is 11.2. The molecule has 4 heteroatoms. The fraction of sp³-hybridized carbons (Fsp3) is 0.667. The summed E-state index contributed by atoms with van der Waals surface area (Å²) in [5.74, 6) is 0.873. The Labute approximate surface area is 96.9 Å². The van der Waals surface area contributed by atoms with Gasteiger partial charge in [-0.1, -0.05) is 6.92 Å². The number of rotatable bonds is 4. The molecule has 2 heterocycles. The lowest BCUT2D eigenvalue weighted by Crippen LogP contribution is -2.24. The van der Waals surface area contributed by atoms with Crippen LogP contribution in [0, 0.1) is 0 Å². The summed E-state index contributed by atoms with van der Waals surface area (Å²) < 4.78 is 0. The molecular weight excluding hydrogens is 200 g/mol. The topological polar surface area (TPSA) is 55.0 Å². The van der Waals surface area contributed by atoms with Crippen LogP contribution in [0.2, 0.25) is 0 Å². The van der Waals surface area contributed by atoms with Gasteiger partial charge in [0.05, 0.1) is 0 Å². The predicted molar refractivity (Wildman–Crippen MR) is 65.4 cm³/mol. The van der Waals surface area contributed by atoms with Gasteiger partial charge in [-0.2, -0.15) is 0 Å². The maximum Gasteiger partial charge on any atom is 0.225 e. The second kappa shape index (κ2) is 5.25. The Bertz CT molecular complexity index is 334. The van der Waals surface area contributed by atoms with E-state index in [0.717, 1.165) is 37.6 Å². The van der Waals surface area contributed by atoms with Crippen LogP contribution in [0.25, 0.3) is 0 Å². The lowest BCUT2D eigenvalue weighted by Gasteiger charge is -2.16. The molecule has 4 nitrogen and oxygen atoms in total. The van der Waals surface area contributed by atoms with Crippen molar-refractivity contribution < 1.29 is 0 Å². The molecule has 0 saturated carbocycles. The second-order valence-electron chi connectivity index (χ2n) is 4.41. The molecule has 0 aromatic carbocycles. The van der Waals surface area contributed by atoms with Crippen molar-refractivity contribution in [2.45, 2.75) is 38.6 Å². The first-order valence-corrected chi connectivity index (χ1v) is 6.12. The van der Waals surface area contributed by atoms with E-state index in [9.17, 15) is 0 Å². The third-order valence-electron chi connectivity index (χ3n) is 3.09. The van der Waals surface area contributed by atoms with Crippen molar-refractivity contribution in [1.29, 1.82) is 0 Å². The summed E-state index contributed by atoms with van der Waals surface area (Å²) in [7, 11) is 0. The van der Waals surface area contributed by atoms with Gasteiger partial charge in [-0.25, -0.2) is 9.97 Å². The van der Waals surface area contributed by atoms with Crippen molar-refractivity contribution in [1.82, 2.24) is 9.97 Å². The highest BCUT2D eigenvalue weighted by molar-refractivity contribution is 5.31. The number of hydrogen-bond donors (Lipinski definition) is 1. The zero-order valence-corrected chi connectivity index (χ0v) is 9.89. The van der Waals surface area contributed by atoms with Gasteiger partial charge in [0.2, 0.25) is 5.95 Å². The van der Waals surface area contributed by atoms with Gasteiger partial charge >= 0.3 is 0 Å². The molecule has 0 bridgehead atoms. The summed E-state index contributed by atoms with van der Waals surface area (Å²) >= 11 is 0. The van der Waals surface area contributed by atoms with E-state index >= 15 is 0 Å². The van der Waals surface area contributed by atoms with Gasteiger partial charge in [-0.15, -0.1) is 0 Å². The Balaban J connectivity index is 2.06. The molecule has 1 atom stereocenters. The molecule has 1 fully saturated rings. The highest BCUT2D eigenvalue weighted by Crippen LogP contribution is 2.15. The first-order valence-electron chi connectivity index (χ1n) is 6.12. The van der Waals surface area contributed by atoms with Gasteiger partial charge in [0.15, 0.2) is 0 Å². The molecule has 1 unspecified atom stereocenters. The van der Waals surface area contributed by atoms with E-state index in [1.807, 2.05) is 12.3 Å². The maximum atomic E-state index is 5.93. The number of nitrogens with zero attached hydrogens (tertiary/aromatic N) is 3. The number of nitrogens with two attached hydrogens (primary N) is 1. The standard InChI is InChI=1S/C12H20N4/c1-2-10(13)9-11-5-6-14-12(15-11)16-7-3-4-8-16/h5-6,10H,2-4,7-9,13H2,1H3. The molecule has 88 valence electrons. The van der Waals surface area contributed by atoms with Crippen molar-refractivity contribution >= 4 is 5.95 Å². The molecule has 0 spiro atoms. The first kappa shape index (κ1) is 11.3. The van der Waals surface area contributed by atoms with Gasteiger partial charge in [0, 0.05) is 37.4 Å². The van der Waals surface area contributed by atoms with Crippen LogP contribution >= 0.6 is 0 Å². The Hall–Kier alpha value is -1.16. The van der Waals surface area contributed by atoms with Crippen molar-refractivity contribution in [3.05, 3.63) is 18.0 Å². The van der Waals surface area contributed by atoms with Gasteiger partial charge in [-0.05, 0) is 25.3 Å². The normalized spacial score (nSPS) is 17.8. The smallest absolute Gasteiger partial charge is 0.225 e. The average Bonchev–Trinajstić information content (AvgIpc) is 2.83. The lowest BCUT2D eigenvalue weighted by atomic mass is 10.1. The van der Waals surface area contributed by atoms with E-state index in [0.29, 0.717) is 0 Å². The van der Waals surface area contributed by atoms with Crippen LogP contribution in [0.15, 0.2) is 12.3 Å². The first-order chi connectivity index (χ1) is 7.79. The van der Waals surface area contributed by atoms with E-state index in [1.54, 1.807) is 0 Å². The summed E-state index contributed by atoms with van der Waals surface area (Å²) in [6, 6.07) is 2.18. The summed E-state index contributed by atoms with van der Waals surface area (Å²) in [5, 5.41) is 0. The van der Waals surface area contributed by atoms with Crippen LogP contribution in [0.4, 0.5) is 5.95 Å². The highest BCUT2D eigenvalue weighted by atomic mass is 15.3. The lowest BCUT2D eigenvalue weighted by molar-refractivity contribution is 0.635. The van der Waals surface area contributed by atoms with Gasteiger partial charge in [0.25, 0.3) is 0 Å². The molecule has 1 aliphatic heterocycles. The number of hydrogen-bond acceptors (Lipinski definition) is 4. The number of aromatic nitrogens is 2. The highest BCUT2D eigenvalue weighted by Gasteiger charge is 2.15. The third kappa shape index (κ3) is 2.70. The van der Waals surface area contributed by atoms with Gasteiger partial charge in [-0.3, -0.25) is 0 Å². The molecule has 16 heavy (non-hydrogen) atoms. The van der Waals surface area contributed by atoms with E-state index in [4.69, 9.17) is 5.73 Å². The molecule has 0 radical (unpaired) electrons. The minimum absolute atomic E-state index is 0.210. The number of anilines is 1. The SMILES string of the molecule is CCC(N)Cc1ccnc(N2CCCC2)n1. The monoisotopic (exact) mass is 220 g/mol. The largest absolute Gasteiger partial charge is 0.341 e. The fourth-order valence-corrected chi connectivity index (χ4v) is 1.98. The van der Waals surface area contributed by atoms with Crippen LogP contribution in [-0.2, 0) is 6.42 Å². The minimum atomic E-state index is 0.210. The Kier molecular flexibility index (Phi) is 3.72. The van der Waals surface area contributed by atoms with Crippen molar-refractivity contribution in [3.8, 4) is 0 Å². The third-order valence-corrected chi connectivity index (χ3v) is 3.09. The van der Waals surface area contributed by atoms with Gasteiger partial charge < -0.3 is 10.6 Å². The predicted octanol–water partition coefficient (Wildman–Crippen LogP) is 1.36. The summed E-state index contributed by atoms with van der Waals surface area (Å²) in [6.07, 6.45) is 6.19. The van der Waals surface area contributed by atoms with Crippen molar-refractivity contribution in [2.24, 2.45) is 5.73 Å². The van der Waals surface area contributed by atoms with Crippen LogP contribution in [0.1, 0.15) is 31.9 Å². The maximum absolute atomic E-state index is 5.93. The summed E-state index contributed by atoms with van der Waals surface area (Å²) in [6.45, 7) is 4.28. The molecule has 1 saturated heterocycles. The van der Waals surface area contributed by atoms with E-state index in [2.05, 4.69) is 21.8 Å². The van der Waals surface area contributed by atoms with Gasteiger partial charge in [0.1, 0.15) is 0 Å². The Morgan fingerprint density at radius 3 is 2.88 bits per heavy atom. The molecule has 1 aromatic rings. The molecule has 0 amide bonds. The molecule has 2 rings (SSSR count). The van der Waals surface area contributed by atoms with Crippen LogP contribution in [0.3, 0.4) is 0 Å². The molecular formula is C12H20N4. The Morgan fingerprint density at radius 1 is 1.44 bits per heavy atom. The van der Waals surface area contributed by atoms with E-state index in [-0.39, 0.29) is 6.04 Å². The minimum Gasteiger partial charge on any atom is -0.341 e. The molecule has 1 aromatic heterocycles. The summed E-state index contributed by atoms with van der Waals surface area (Å²) in [5.41, 5.74) is 7.00. The second-order valence-corrected chi connectivity index (χ2v) is 4.41. The van der Waals surface area contributed by atoms with Crippen LogP contribution in [0.5, 0.6) is 0 Å². The average molecular weight is 220 g/mol. The van der Waals surface area contributed by atoms with E-state index in [1.165, 1.54) is 12.8 Å². The van der Waals surface area contributed by atoms with Crippen molar-refractivity contribution in [2.75, 3.05) is 18.0 Å². The fourth-order valence-electron chi connectivity index (χ4n) is 1.98. The Morgan fingerprint density at radius 2 is 2.19 bits per heavy atom.